The molecule has 1 saturated carbocycles. The molecule has 1 aliphatic carbocycles. The summed E-state index contributed by atoms with van der Waals surface area (Å²) < 4.78 is 5.02. The monoisotopic (exact) mass is 347 g/mol. The minimum Gasteiger partial charge on any atom is -0.462 e. The highest BCUT2D eigenvalue weighted by Crippen LogP contribution is 2.40. The zero-order valence-electron chi connectivity index (χ0n) is 13.7. The van der Waals surface area contributed by atoms with Gasteiger partial charge in [-0.15, -0.1) is 0 Å². The topological polar surface area (TPSA) is 74.3 Å². The van der Waals surface area contributed by atoms with E-state index >= 15 is 0 Å². The molecule has 0 aromatic carbocycles. The molecule has 2 fully saturated rings. The van der Waals surface area contributed by atoms with E-state index in [1.807, 2.05) is 6.92 Å². The predicted octanol–water partition coefficient (Wildman–Crippen LogP) is 2.25. The summed E-state index contributed by atoms with van der Waals surface area (Å²) in [7, 11) is 0. The molecule has 1 aliphatic heterocycles. The standard InChI is InChI=1S/C16H21N5O2S/c1-2-23-15(22)13-10-17-16(24-13)21-7-5-20(6-8-21)14-9-12(18-19-14)11-3-4-11/h9-11H,2-8H2,1H3,(H,18,19). The maximum Gasteiger partial charge on any atom is 0.350 e. The molecule has 0 unspecified atom stereocenters. The molecule has 2 aromatic heterocycles. The molecule has 0 amide bonds. The average Bonchev–Trinajstić information content (AvgIpc) is 3.14. The van der Waals surface area contributed by atoms with Crippen LogP contribution in [-0.4, -0.2) is 53.9 Å². The fourth-order valence-electron chi connectivity index (χ4n) is 2.93. The number of rotatable bonds is 5. The molecule has 3 heterocycles. The average molecular weight is 347 g/mol. The van der Waals surface area contributed by atoms with Crippen LogP contribution < -0.4 is 9.80 Å². The minimum absolute atomic E-state index is 0.288. The molecule has 2 aromatic rings. The quantitative estimate of drug-likeness (QED) is 0.836. The largest absolute Gasteiger partial charge is 0.462 e. The Bertz CT molecular complexity index is 716. The van der Waals surface area contributed by atoms with Gasteiger partial charge in [0.15, 0.2) is 10.9 Å². The first kappa shape index (κ1) is 15.4. The second-order valence-electron chi connectivity index (χ2n) is 6.16. The Labute approximate surface area is 144 Å². The van der Waals surface area contributed by atoms with Crippen LogP contribution >= 0.6 is 11.3 Å². The first-order chi connectivity index (χ1) is 11.7. The number of H-pyrrole nitrogens is 1. The Kier molecular flexibility index (Phi) is 4.13. The van der Waals surface area contributed by atoms with E-state index in [9.17, 15) is 4.79 Å². The minimum atomic E-state index is -0.288. The number of ether oxygens (including phenoxy) is 1. The fourth-order valence-corrected chi connectivity index (χ4v) is 3.79. The lowest BCUT2D eigenvalue weighted by molar-refractivity contribution is 0.0532. The Morgan fingerprint density at radius 2 is 2.08 bits per heavy atom. The number of carbonyl (C=O) groups excluding carboxylic acids is 1. The first-order valence-corrected chi connectivity index (χ1v) is 9.24. The Balaban J connectivity index is 1.36. The molecule has 4 rings (SSSR count). The highest BCUT2D eigenvalue weighted by molar-refractivity contribution is 7.17. The van der Waals surface area contributed by atoms with E-state index in [0.717, 1.165) is 37.1 Å². The van der Waals surface area contributed by atoms with Crippen molar-refractivity contribution >= 4 is 28.3 Å². The molecule has 8 heteroatoms. The number of piperazine rings is 1. The molecule has 0 bridgehead atoms. The summed E-state index contributed by atoms with van der Waals surface area (Å²) in [6, 6.07) is 2.19. The molecule has 0 spiro atoms. The van der Waals surface area contributed by atoms with Gasteiger partial charge in [-0.3, -0.25) is 5.10 Å². The van der Waals surface area contributed by atoms with Gasteiger partial charge in [-0.2, -0.15) is 5.10 Å². The summed E-state index contributed by atoms with van der Waals surface area (Å²) in [6.45, 7) is 5.76. The van der Waals surface area contributed by atoms with Crippen LogP contribution in [0.1, 0.15) is 41.0 Å². The Morgan fingerprint density at radius 1 is 1.33 bits per heavy atom. The molecule has 128 valence electrons. The number of esters is 1. The zero-order chi connectivity index (χ0) is 16.5. The van der Waals surface area contributed by atoms with Gasteiger partial charge in [0.2, 0.25) is 0 Å². The maximum atomic E-state index is 11.7. The molecule has 24 heavy (non-hydrogen) atoms. The maximum absolute atomic E-state index is 11.7. The SMILES string of the molecule is CCOC(=O)c1cnc(N2CCN(c3cc(C4CC4)[nH]n3)CC2)s1. The second-order valence-corrected chi connectivity index (χ2v) is 7.17. The van der Waals surface area contributed by atoms with Gasteiger partial charge in [-0.25, -0.2) is 9.78 Å². The third-order valence-electron chi connectivity index (χ3n) is 4.45. The Morgan fingerprint density at radius 3 is 2.79 bits per heavy atom. The number of hydrogen-bond donors (Lipinski definition) is 1. The van der Waals surface area contributed by atoms with Crippen LogP contribution in [0.4, 0.5) is 10.9 Å². The van der Waals surface area contributed by atoms with Crippen LogP contribution in [0.5, 0.6) is 0 Å². The van der Waals surface area contributed by atoms with E-state index in [4.69, 9.17) is 4.74 Å². The summed E-state index contributed by atoms with van der Waals surface area (Å²) in [5.41, 5.74) is 1.27. The van der Waals surface area contributed by atoms with Crippen molar-refractivity contribution in [1.82, 2.24) is 15.2 Å². The fraction of sp³-hybridized carbons (Fsp3) is 0.562. The predicted molar refractivity (Wildman–Crippen MR) is 93.1 cm³/mol. The van der Waals surface area contributed by atoms with Crippen molar-refractivity contribution in [3.63, 3.8) is 0 Å². The van der Waals surface area contributed by atoms with Crippen molar-refractivity contribution in [2.45, 2.75) is 25.7 Å². The molecule has 2 aliphatic rings. The van der Waals surface area contributed by atoms with E-state index in [-0.39, 0.29) is 5.97 Å². The number of carbonyl (C=O) groups is 1. The number of aromatic amines is 1. The van der Waals surface area contributed by atoms with Gasteiger partial charge in [0.05, 0.1) is 12.8 Å². The van der Waals surface area contributed by atoms with Crippen molar-refractivity contribution in [3.05, 3.63) is 22.8 Å². The molecule has 0 atom stereocenters. The smallest absolute Gasteiger partial charge is 0.350 e. The lowest BCUT2D eigenvalue weighted by Gasteiger charge is -2.34. The van der Waals surface area contributed by atoms with Gasteiger partial charge < -0.3 is 14.5 Å². The lowest BCUT2D eigenvalue weighted by Crippen LogP contribution is -2.46. The summed E-state index contributed by atoms with van der Waals surface area (Å²) >= 11 is 1.40. The van der Waals surface area contributed by atoms with Gasteiger partial charge in [-0.05, 0) is 19.8 Å². The zero-order valence-corrected chi connectivity index (χ0v) is 14.5. The van der Waals surface area contributed by atoms with Crippen LogP contribution in [0, 0.1) is 0 Å². The summed E-state index contributed by atoms with van der Waals surface area (Å²) in [5, 5.41) is 8.51. The summed E-state index contributed by atoms with van der Waals surface area (Å²) in [5.74, 6) is 1.45. The second kappa shape index (κ2) is 6.43. The number of hydrogen-bond acceptors (Lipinski definition) is 7. The van der Waals surface area contributed by atoms with Crippen LogP contribution in [0.15, 0.2) is 12.3 Å². The van der Waals surface area contributed by atoms with E-state index in [0.29, 0.717) is 17.4 Å². The van der Waals surface area contributed by atoms with Crippen LogP contribution in [0.25, 0.3) is 0 Å². The molecule has 1 saturated heterocycles. The van der Waals surface area contributed by atoms with Gasteiger partial charge in [0, 0.05) is 43.9 Å². The molecule has 1 N–H and O–H groups in total. The normalized spacial score (nSPS) is 18.0. The van der Waals surface area contributed by atoms with E-state index in [1.54, 1.807) is 6.20 Å². The van der Waals surface area contributed by atoms with E-state index in [2.05, 4.69) is 31.0 Å². The summed E-state index contributed by atoms with van der Waals surface area (Å²) in [4.78, 5) is 21.2. The molecule has 0 radical (unpaired) electrons. The van der Waals surface area contributed by atoms with Crippen molar-refractivity contribution in [3.8, 4) is 0 Å². The Hall–Kier alpha value is -2.09. The van der Waals surface area contributed by atoms with Crippen molar-refractivity contribution in [2.75, 3.05) is 42.6 Å². The number of anilines is 2. The highest BCUT2D eigenvalue weighted by atomic mass is 32.1. The number of nitrogens with one attached hydrogen (secondary N) is 1. The van der Waals surface area contributed by atoms with E-state index in [1.165, 1.54) is 29.9 Å². The number of thiazole rings is 1. The van der Waals surface area contributed by atoms with Crippen LogP contribution in [-0.2, 0) is 4.74 Å². The molecule has 7 nitrogen and oxygen atoms in total. The molecular weight excluding hydrogens is 326 g/mol. The highest BCUT2D eigenvalue weighted by Gasteiger charge is 2.27. The van der Waals surface area contributed by atoms with Crippen LogP contribution in [0.2, 0.25) is 0 Å². The van der Waals surface area contributed by atoms with Gasteiger partial charge in [0.25, 0.3) is 0 Å². The lowest BCUT2D eigenvalue weighted by atomic mass is 10.3. The van der Waals surface area contributed by atoms with Crippen LogP contribution in [0.3, 0.4) is 0 Å². The van der Waals surface area contributed by atoms with Gasteiger partial charge in [-0.1, -0.05) is 11.3 Å². The molecular formula is C16H21N5O2S. The van der Waals surface area contributed by atoms with Crippen molar-refractivity contribution in [1.29, 1.82) is 0 Å². The first-order valence-electron chi connectivity index (χ1n) is 8.42. The van der Waals surface area contributed by atoms with Crippen molar-refractivity contribution in [2.24, 2.45) is 0 Å². The van der Waals surface area contributed by atoms with Gasteiger partial charge in [0.1, 0.15) is 4.88 Å². The third-order valence-corrected chi connectivity index (χ3v) is 5.48. The number of aromatic nitrogens is 3. The third kappa shape index (κ3) is 3.10. The number of nitrogens with zero attached hydrogens (tertiary/aromatic N) is 4. The van der Waals surface area contributed by atoms with E-state index < -0.39 is 0 Å². The van der Waals surface area contributed by atoms with Gasteiger partial charge >= 0.3 is 5.97 Å². The summed E-state index contributed by atoms with van der Waals surface area (Å²) in [6.07, 6.45) is 4.17. The van der Waals surface area contributed by atoms with Crippen molar-refractivity contribution < 1.29 is 9.53 Å².